The summed E-state index contributed by atoms with van der Waals surface area (Å²) >= 11 is 0. The molecule has 0 unspecified atom stereocenters. The van der Waals surface area contributed by atoms with E-state index >= 15 is 0 Å². The van der Waals surface area contributed by atoms with Crippen LogP contribution in [0.2, 0.25) is 0 Å². The van der Waals surface area contributed by atoms with E-state index in [9.17, 15) is 0 Å². The van der Waals surface area contributed by atoms with Crippen molar-refractivity contribution in [1.82, 2.24) is 19.3 Å². The zero-order valence-electron chi connectivity index (χ0n) is 23.0. The number of aromatic nitrogens is 4. The van der Waals surface area contributed by atoms with E-state index in [0.29, 0.717) is 19.0 Å². The summed E-state index contributed by atoms with van der Waals surface area (Å²) in [6.07, 6.45) is 3.83. The Bertz CT molecular complexity index is 1740. The van der Waals surface area contributed by atoms with E-state index < -0.39 is 0 Å². The molecule has 40 heavy (non-hydrogen) atoms. The molecule has 0 atom stereocenters. The van der Waals surface area contributed by atoms with Crippen molar-refractivity contribution in [3.05, 3.63) is 126 Å². The fourth-order valence-electron chi connectivity index (χ4n) is 4.95. The largest absolute Gasteiger partial charge is 0.488 e. The van der Waals surface area contributed by atoms with Crippen molar-refractivity contribution in [2.45, 2.75) is 33.0 Å². The van der Waals surface area contributed by atoms with E-state index in [-0.39, 0.29) is 5.92 Å². The molecule has 6 rings (SSSR count). The highest BCUT2D eigenvalue weighted by Gasteiger charge is 2.21. The molecular formula is C34H32N4O2. The number of benzene rings is 4. The number of nitrogens with zero attached hydrogens (tertiary/aromatic N) is 4. The van der Waals surface area contributed by atoms with Crippen molar-refractivity contribution < 1.29 is 9.47 Å². The molecule has 0 N–H and O–H groups in total. The highest BCUT2D eigenvalue weighted by molar-refractivity contribution is 5.82. The monoisotopic (exact) mass is 528 g/mol. The molecular weight excluding hydrogens is 496 g/mol. The first kappa shape index (κ1) is 25.4. The summed E-state index contributed by atoms with van der Waals surface area (Å²) in [5, 5.41) is 10.0. The summed E-state index contributed by atoms with van der Waals surface area (Å²) in [7, 11) is 2.05. The Hall–Kier alpha value is -4.84. The molecule has 6 heteroatoms. The lowest BCUT2D eigenvalue weighted by molar-refractivity contribution is 0.288. The van der Waals surface area contributed by atoms with Crippen LogP contribution in [0.3, 0.4) is 0 Å². The topological polar surface area (TPSA) is 54.1 Å². The third-order valence-electron chi connectivity index (χ3n) is 7.14. The second kappa shape index (κ2) is 11.1. The first-order valence-electron chi connectivity index (χ1n) is 13.5. The summed E-state index contributed by atoms with van der Waals surface area (Å²) in [6.45, 7) is 5.25. The van der Waals surface area contributed by atoms with Crippen LogP contribution in [0.5, 0.6) is 11.5 Å². The minimum absolute atomic E-state index is 0.227. The van der Waals surface area contributed by atoms with Crippen LogP contribution in [0.25, 0.3) is 28.0 Å². The number of rotatable bonds is 9. The molecule has 200 valence electrons. The lowest BCUT2D eigenvalue weighted by atomic mass is 9.98. The number of fused-ring (bicyclic) bond motifs is 1. The second-order valence-electron chi connectivity index (χ2n) is 10.3. The average Bonchev–Trinajstić information content (AvgIpc) is 3.62. The van der Waals surface area contributed by atoms with E-state index in [0.717, 1.165) is 44.9 Å². The molecule has 6 aromatic rings. The molecule has 0 aliphatic heterocycles. The Kier molecular flexibility index (Phi) is 7.06. The zero-order valence-corrected chi connectivity index (χ0v) is 23.0. The Morgan fingerprint density at radius 2 is 1.43 bits per heavy atom. The van der Waals surface area contributed by atoms with Crippen LogP contribution >= 0.6 is 0 Å². The third kappa shape index (κ3) is 5.21. The van der Waals surface area contributed by atoms with Gasteiger partial charge in [0, 0.05) is 35.9 Å². The maximum Gasteiger partial charge on any atom is 0.172 e. The Morgan fingerprint density at radius 3 is 2.10 bits per heavy atom. The molecule has 2 aromatic heterocycles. The predicted octanol–water partition coefficient (Wildman–Crippen LogP) is 7.71. The van der Waals surface area contributed by atoms with E-state index in [1.165, 1.54) is 5.52 Å². The highest BCUT2D eigenvalue weighted by Crippen LogP contribution is 2.40. The Balaban J connectivity index is 1.43. The van der Waals surface area contributed by atoms with Crippen LogP contribution in [0, 0.1) is 0 Å². The molecule has 0 aliphatic carbocycles. The standard InChI is InChI=1S/C34H32N4O2/c1-24(2)29-19-30(34-36-35-23-38(34)28-14-15-31-27(18-28)16-17-37(31)3)33(40-22-26-12-8-5-9-13-26)20-32(29)39-21-25-10-6-4-7-11-25/h4-20,23-24H,21-22H2,1-3H3. The molecule has 0 saturated heterocycles. The van der Waals surface area contributed by atoms with Gasteiger partial charge in [-0.3, -0.25) is 4.57 Å². The van der Waals surface area contributed by atoms with Gasteiger partial charge in [0.05, 0.1) is 5.56 Å². The van der Waals surface area contributed by atoms with Gasteiger partial charge in [0.2, 0.25) is 0 Å². The zero-order chi connectivity index (χ0) is 27.5. The van der Waals surface area contributed by atoms with Crippen LogP contribution in [-0.4, -0.2) is 19.3 Å². The Morgan fingerprint density at radius 1 is 0.750 bits per heavy atom. The van der Waals surface area contributed by atoms with Gasteiger partial charge >= 0.3 is 0 Å². The van der Waals surface area contributed by atoms with Crippen LogP contribution in [0.4, 0.5) is 0 Å². The van der Waals surface area contributed by atoms with Gasteiger partial charge in [-0.05, 0) is 52.9 Å². The summed E-state index contributed by atoms with van der Waals surface area (Å²) < 4.78 is 17.0. The van der Waals surface area contributed by atoms with Crippen molar-refractivity contribution in [2.75, 3.05) is 0 Å². The highest BCUT2D eigenvalue weighted by atomic mass is 16.5. The quantitative estimate of drug-likeness (QED) is 0.193. The molecule has 6 nitrogen and oxygen atoms in total. The van der Waals surface area contributed by atoms with Crippen molar-refractivity contribution >= 4 is 10.9 Å². The number of hydrogen-bond donors (Lipinski definition) is 0. The van der Waals surface area contributed by atoms with E-state index in [1.807, 2.05) is 47.0 Å². The van der Waals surface area contributed by atoms with Crippen LogP contribution in [0.1, 0.15) is 36.5 Å². The van der Waals surface area contributed by atoms with Gasteiger partial charge in [-0.1, -0.05) is 74.5 Å². The Labute approximate surface area is 234 Å². The molecule has 2 heterocycles. The number of hydrogen-bond acceptors (Lipinski definition) is 4. The lowest BCUT2D eigenvalue weighted by Crippen LogP contribution is -2.05. The predicted molar refractivity (Wildman–Crippen MR) is 159 cm³/mol. The molecule has 0 aliphatic rings. The summed E-state index contributed by atoms with van der Waals surface area (Å²) in [5.74, 6) is 2.45. The van der Waals surface area contributed by atoms with Gasteiger partial charge in [-0.2, -0.15) is 0 Å². The fraction of sp³-hybridized carbons (Fsp3) is 0.176. The first-order chi connectivity index (χ1) is 19.6. The molecule has 0 fully saturated rings. The molecule has 0 spiro atoms. The van der Waals surface area contributed by atoms with E-state index in [2.05, 4.69) is 96.5 Å². The fourth-order valence-corrected chi connectivity index (χ4v) is 4.95. The van der Waals surface area contributed by atoms with Crippen molar-refractivity contribution in [3.63, 3.8) is 0 Å². The van der Waals surface area contributed by atoms with Gasteiger partial charge in [-0.15, -0.1) is 10.2 Å². The number of aryl methyl sites for hydroxylation is 1. The molecule has 0 amide bonds. The molecule has 0 radical (unpaired) electrons. The maximum atomic E-state index is 6.47. The molecule has 0 bridgehead atoms. The van der Waals surface area contributed by atoms with Crippen LogP contribution in [0.15, 0.2) is 110 Å². The molecule has 0 saturated carbocycles. The number of ether oxygens (including phenoxy) is 2. The van der Waals surface area contributed by atoms with E-state index in [1.54, 1.807) is 6.33 Å². The summed E-state index contributed by atoms with van der Waals surface area (Å²) in [4.78, 5) is 0. The average molecular weight is 529 g/mol. The van der Waals surface area contributed by atoms with Gasteiger partial charge in [-0.25, -0.2) is 0 Å². The van der Waals surface area contributed by atoms with Gasteiger partial charge in [0.1, 0.15) is 31.0 Å². The third-order valence-corrected chi connectivity index (χ3v) is 7.14. The normalized spacial score (nSPS) is 11.3. The summed E-state index contributed by atoms with van der Waals surface area (Å²) in [5.41, 5.74) is 6.33. The minimum Gasteiger partial charge on any atom is -0.488 e. The SMILES string of the molecule is CC(C)c1cc(-c2nncn2-c2ccc3c(ccn3C)c2)c(OCc2ccccc2)cc1OCc1ccccc1. The van der Waals surface area contributed by atoms with Gasteiger partial charge in [0.15, 0.2) is 5.82 Å². The smallest absolute Gasteiger partial charge is 0.172 e. The maximum absolute atomic E-state index is 6.47. The second-order valence-corrected chi connectivity index (χ2v) is 10.3. The van der Waals surface area contributed by atoms with Gasteiger partial charge < -0.3 is 14.0 Å². The lowest BCUT2D eigenvalue weighted by Gasteiger charge is -2.20. The van der Waals surface area contributed by atoms with Crippen molar-refractivity contribution in [1.29, 1.82) is 0 Å². The minimum atomic E-state index is 0.227. The molecule has 4 aromatic carbocycles. The van der Waals surface area contributed by atoms with E-state index in [4.69, 9.17) is 9.47 Å². The van der Waals surface area contributed by atoms with Crippen molar-refractivity contribution in [2.24, 2.45) is 7.05 Å². The summed E-state index contributed by atoms with van der Waals surface area (Å²) in [6, 6.07) is 33.0. The first-order valence-corrected chi connectivity index (χ1v) is 13.5. The van der Waals surface area contributed by atoms with Crippen LogP contribution < -0.4 is 9.47 Å². The van der Waals surface area contributed by atoms with Crippen LogP contribution in [-0.2, 0) is 20.3 Å². The van der Waals surface area contributed by atoms with Crippen molar-refractivity contribution in [3.8, 4) is 28.6 Å². The van der Waals surface area contributed by atoms with Gasteiger partial charge in [0.25, 0.3) is 0 Å².